The number of nitrogens with one attached hydrogen (secondary N) is 1. The Morgan fingerprint density at radius 2 is 2.16 bits per heavy atom. The maximum atomic E-state index is 12.1. The number of nitrogens with two attached hydrogens (primary N) is 1. The lowest BCUT2D eigenvalue weighted by molar-refractivity contribution is 0.101. The van der Waals surface area contributed by atoms with Gasteiger partial charge in [0.05, 0.1) is 17.8 Å². The summed E-state index contributed by atoms with van der Waals surface area (Å²) in [5.41, 5.74) is 7.26. The summed E-state index contributed by atoms with van der Waals surface area (Å²) in [6, 6.07) is 6.64. The Hall–Kier alpha value is -2.14. The van der Waals surface area contributed by atoms with Gasteiger partial charge in [-0.25, -0.2) is 0 Å². The van der Waals surface area contributed by atoms with Crippen LogP contribution in [-0.2, 0) is 7.05 Å². The van der Waals surface area contributed by atoms with E-state index in [1.54, 1.807) is 42.1 Å². The number of aryl methyl sites for hydroxylation is 1. The van der Waals surface area contributed by atoms with Gasteiger partial charge in [0.25, 0.3) is 5.91 Å². The third-order valence-corrected chi connectivity index (χ3v) is 2.98. The van der Waals surface area contributed by atoms with Crippen LogP contribution < -0.4 is 15.8 Å². The molecule has 0 bridgehead atoms. The van der Waals surface area contributed by atoms with Gasteiger partial charge in [0, 0.05) is 25.0 Å². The van der Waals surface area contributed by atoms with Crippen LogP contribution in [0.2, 0.25) is 5.02 Å². The van der Waals surface area contributed by atoms with Crippen LogP contribution in [0.15, 0.2) is 30.5 Å². The van der Waals surface area contributed by atoms with E-state index in [0.29, 0.717) is 27.8 Å². The number of hydrogen-bond acceptors (Lipinski definition) is 3. The van der Waals surface area contributed by atoms with Crippen LogP contribution in [-0.4, -0.2) is 17.6 Å². The Morgan fingerprint density at radius 1 is 1.42 bits per heavy atom. The van der Waals surface area contributed by atoms with Gasteiger partial charge in [-0.05, 0) is 18.2 Å². The van der Waals surface area contributed by atoms with E-state index in [2.05, 4.69) is 5.32 Å². The monoisotopic (exact) mass is 279 g/mol. The number of nitrogen functional groups attached to an aromatic ring is 1. The second kappa shape index (κ2) is 5.24. The number of amides is 1. The first kappa shape index (κ1) is 13.3. The van der Waals surface area contributed by atoms with E-state index in [-0.39, 0.29) is 5.91 Å². The summed E-state index contributed by atoms with van der Waals surface area (Å²) in [5, 5.41) is 3.25. The summed E-state index contributed by atoms with van der Waals surface area (Å²) in [5.74, 6) is 0.259. The summed E-state index contributed by atoms with van der Waals surface area (Å²) in [4.78, 5) is 12.1. The fourth-order valence-electron chi connectivity index (χ4n) is 1.75. The predicted octanol–water partition coefficient (Wildman–Crippen LogP) is 2.52. The number of carbonyl (C=O) groups is 1. The Morgan fingerprint density at radius 3 is 2.74 bits per heavy atom. The van der Waals surface area contributed by atoms with Crippen molar-refractivity contribution in [1.29, 1.82) is 0 Å². The molecule has 6 heteroatoms. The molecule has 100 valence electrons. The molecule has 0 aliphatic carbocycles. The number of anilines is 2. The third kappa shape index (κ3) is 2.82. The molecule has 1 aromatic heterocycles. The molecule has 0 aliphatic heterocycles. The first-order chi connectivity index (χ1) is 9.01. The molecule has 0 atom stereocenters. The van der Waals surface area contributed by atoms with Crippen LogP contribution in [0, 0.1) is 0 Å². The second-order valence-electron chi connectivity index (χ2n) is 4.07. The van der Waals surface area contributed by atoms with Crippen LogP contribution in [0.4, 0.5) is 11.4 Å². The third-order valence-electron chi connectivity index (χ3n) is 2.67. The van der Waals surface area contributed by atoms with Crippen molar-refractivity contribution in [2.24, 2.45) is 7.05 Å². The zero-order chi connectivity index (χ0) is 14.0. The van der Waals surface area contributed by atoms with Gasteiger partial charge in [0.1, 0.15) is 11.4 Å². The number of methoxy groups -OCH3 is 1. The number of halogens is 1. The number of rotatable bonds is 3. The molecule has 0 saturated carbocycles. The number of nitrogens with zero attached hydrogens (tertiary/aromatic N) is 1. The molecular formula is C13H14ClN3O2. The zero-order valence-corrected chi connectivity index (χ0v) is 11.4. The van der Waals surface area contributed by atoms with Crippen molar-refractivity contribution in [3.05, 3.63) is 41.2 Å². The SMILES string of the molecule is COc1cc(NC(=O)c2cc(N)cn2C)ccc1Cl. The van der Waals surface area contributed by atoms with E-state index >= 15 is 0 Å². The summed E-state index contributed by atoms with van der Waals surface area (Å²) in [7, 11) is 3.28. The first-order valence-corrected chi connectivity index (χ1v) is 5.96. The number of hydrogen-bond donors (Lipinski definition) is 2. The van der Waals surface area contributed by atoms with Gasteiger partial charge in [0.15, 0.2) is 0 Å². The normalized spacial score (nSPS) is 10.3. The minimum absolute atomic E-state index is 0.247. The number of benzene rings is 1. The maximum absolute atomic E-state index is 12.1. The Balaban J connectivity index is 2.21. The molecule has 0 radical (unpaired) electrons. The van der Waals surface area contributed by atoms with Gasteiger partial charge in [-0.15, -0.1) is 0 Å². The Bertz CT molecular complexity index is 622. The Labute approximate surface area is 115 Å². The average Bonchev–Trinajstić information content (AvgIpc) is 2.71. The minimum Gasteiger partial charge on any atom is -0.495 e. The molecule has 2 rings (SSSR count). The van der Waals surface area contributed by atoms with E-state index in [4.69, 9.17) is 22.1 Å². The lowest BCUT2D eigenvalue weighted by Gasteiger charge is -2.08. The molecular weight excluding hydrogens is 266 g/mol. The molecule has 1 aromatic carbocycles. The smallest absolute Gasteiger partial charge is 0.272 e. The quantitative estimate of drug-likeness (QED) is 0.907. The van der Waals surface area contributed by atoms with Gasteiger partial charge in [-0.2, -0.15) is 0 Å². The van der Waals surface area contributed by atoms with Crippen molar-refractivity contribution >= 4 is 28.9 Å². The van der Waals surface area contributed by atoms with E-state index in [1.807, 2.05) is 0 Å². The van der Waals surface area contributed by atoms with E-state index in [1.165, 1.54) is 7.11 Å². The van der Waals surface area contributed by atoms with E-state index < -0.39 is 0 Å². The zero-order valence-electron chi connectivity index (χ0n) is 10.6. The highest BCUT2D eigenvalue weighted by Crippen LogP contribution is 2.27. The summed E-state index contributed by atoms with van der Waals surface area (Å²) >= 11 is 5.92. The van der Waals surface area contributed by atoms with Crippen LogP contribution in [0.25, 0.3) is 0 Å². The fraction of sp³-hybridized carbons (Fsp3) is 0.154. The van der Waals surface area contributed by atoms with Gasteiger partial charge < -0.3 is 20.4 Å². The van der Waals surface area contributed by atoms with Gasteiger partial charge in [-0.3, -0.25) is 4.79 Å². The minimum atomic E-state index is -0.247. The van der Waals surface area contributed by atoms with Crippen molar-refractivity contribution in [3.63, 3.8) is 0 Å². The topological polar surface area (TPSA) is 69.3 Å². The first-order valence-electron chi connectivity index (χ1n) is 5.58. The predicted molar refractivity (Wildman–Crippen MR) is 75.8 cm³/mol. The molecule has 1 heterocycles. The highest BCUT2D eigenvalue weighted by Gasteiger charge is 2.12. The van der Waals surface area contributed by atoms with Crippen LogP contribution in [0.1, 0.15) is 10.5 Å². The highest BCUT2D eigenvalue weighted by atomic mass is 35.5. The van der Waals surface area contributed by atoms with Gasteiger partial charge in [0.2, 0.25) is 0 Å². The molecule has 2 aromatic rings. The molecule has 3 N–H and O–H groups in total. The van der Waals surface area contributed by atoms with Gasteiger partial charge in [-0.1, -0.05) is 11.6 Å². The molecule has 0 saturated heterocycles. The average molecular weight is 280 g/mol. The lowest BCUT2D eigenvalue weighted by atomic mass is 10.3. The summed E-state index contributed by atoms with van der Waals surface area (Å²) < 4.78 is 6.76. The van der Waals surface area contributed by atoms with E-state index in [0.717, 1.165) is 0 Å². The fourth-order valence-corrected chi connectivity index (χ4v) is 1.94. The maximum Gasteiger partial charge on any atom is 0.272 e. The van der Waals surface area contributed by atoms with E-state index in [9.17, 15) is 4.79 Å². The van der Waals surface area contributed by atoms with Crippen molar-refractivity contribution in [2.75, 3.05) is 18.2 Å². The van der Waals surface area contributed by atoms with Crippen molar-refractivity contribution in [1.82, 2.24) is 4.57 Å². The highest BCUT2D eigenvalue weighted by molar-refractivity contribution is 6.32. The molecule has 5 nitrogen and oxygen atoms in total. The molecule has 0 aliphatic rings. The molecule has 0 unspecified atom stereocenters. The lowest BCUT2D eigenvalue weighted by Crippen LogP contribution is -2.15. The molecule has 0 fully saturated rings. The van der Waals surface area contributed by atoms with Gasteiger partial charge >= 0.3 is 0 Å². The molecule has 19 heavy (non-hydrogen) atoms. The number of ether oxygens (including phenoxy) is 1. The summed E-state index contributed by atoms with van der Waals surface area (Å²) in [6.07, 6.45) is 1.68. The van der Waals surface area contributed by atoms with Crippen LogP contribution >= 0.6 is 11.6 Å². The Kier molecular flexibility index (Phi) is 3.66. The van der Waals surface area contributed by atoms with Crippen molar-refractivity contribution in [2.45, 2.75) is 0 Å². The number of carbonyl (C=O) groups excluding carboxylic acids is 1. The molecule has 0 spiro atoms. The van der Waals surface area contributed by atoms with Crippen LogP contribution in [0.3, 0.4) is 0 Å². The van der Waals surface area contributed by atoms with Crippen LogP contribution in [0.5, 0.6) is 5.75 Å². The van der Waals surface area contributed by atoms with Crippen molar-refractivity contribution in [3.8, 4) is 5.75 Å². The molecule has 1 amide bonds. The number of aromatic nitrogens is 1. The largest absolute Gasteiger partial charge is 0.495 e. The second-order valence-corrected chi connectivity index (χ2v) is 4.48. The standard InChI is InChI=1S/C13H14ClN3O2/c1-17-7-8(15)5-11(17)13(18)16-9-3-4-10(14)12(6-9)19-2/h3-7H,15H2,1-2H3,(H,16,18). The summed E-state index contributed by atoms with van der Waals surface area (Å²) in [6.45, 7) is 0. The van der Waals surface area contributed by atoms with Crippen molar-refractivity contribution < 1.29 is 9.53 Å².